The van der Waals surface area contributed by atoms with Gasteiger partial charge in [-0.15, -0.1) is 11.3 Å². The molecule has 2 rings (SSSR count). The summed E-state index contributed by atoms with van der Waals surface area (Å²) in [5, 5.41) is 9.08. The molecule has 2 aromatic heterocycles. The van der Waals surface area contributed by atoms with Crippen molar-refractivity contribution >= 4 is 39.5 Å². The quantitative estimate of drug-likeness (QED) is 0.824. The lowest BCUT2D eigenvalue weighted by Crippen LogP contribution is -2.17. The average Bonchev–Trinajstić information content (AvgIpc) is 2.85. The summed E-state index contributed by atoms with van der Waals surface area (Å²) in [7, 11) is 0. The van der Waals surface area contributed by atoms with Gasteiger partial charge in [-0.3, -0.25) is 5.10 Å². The van der Waals surface area contributed by atoms with Crippen molar-refractivity contribution in [3.63, 3.8) is 0 Å². The molecular weight excluding hydrogens is 320 g/mol. The second kappa shape index (κ2) is 5.79. The Bertz CT molecular complexity index is 542. The van der Waals surface area contributed by atoms with Gasteiger partial charge in [-0.1, -0.05) is 6.92 Å². The van der Waals surface area contributed by atoms with E-state index in [-0.39, 0.29) is 0 Å². The number of halogens is 1. The van der Waals surface area contributed by atoms with Gasteiger partial charge in [0.25, 0.3) is 0 Å². The highest BCUT2D eigenvalue weighted by Crippen LogP contribution is 2.19. The van der Waals surface area contributed by atoms with Gasteiger partial charge in [0.1, 0.15) is 0 Å². The molecule has 2 N–H and O–H groups in total. The molecule has 0 aliphatic carbocycles. The van der Waals surface area contributed by atoms with Crippen LogP contribution in [0.15, 0.2) is 15.9 Å². The standard InChI is InChI=1S/C10H13BrN4S2/c1-2-3-9-13-14-10(16)15(9)12-5-8-4-7(11)6-17-8/h4,6,12H,2-3,5H2,1H3,(H,14,16). The molecule has 2 aromatic rings. The van der Waals surface area contributed by atoms with E-state index in [4.69, 9.17) is 12.2 Å². The molecule has 0 bridgehead atoms. The van der Waals surface area contributed by atoms with Crippen LogP contribution in [0.3, 0.4) is 0 Å². The summed E-state index contributed by atoms with van der Waals surface area (Å²) in [6.45, 7) is 2.87. The lowest BCUT2D eigenvalue weighted by atomic mass is 10.3. The largest absolute Gasteiger partial charge is 0.317 e. The first-order chi connectivity index (χ1) is 8.20. The Balaban J connectivity index is 2.08. The Kier molecular flexibility index (Phi) is 4.36. The highest BCUT2D eigenvalue weighted by Gasteiger charge is 2.05. The Hall–Kier alpha value is -0.660. The summed E-state index contributed by atoms with van der Waals surface area (Å²) in [5.41, 5.74) is 3.28. The molecule has 0 fully saturated rings. The zero-order valence-electron chi connectivity index (χ0n) is 9.36. The first-order valence-corrected chi connectivity index (χ1v) is 7.42. The number of rotatable bonds is 5. The highest BCUT2D eigenvalue weighted by atomic mass is 79.9. The van der Waals surface area contributed by atoms with Gasteiger partial charge in [-0.05, 0) is 40.6 Å². The summed E-state index contributed by atoms with van der Waals surface area (Å²) < 4.78 is 3.58. The fourth-order valence-corrected chi connectivity index (χ4v) is 3.09. The molecule has 0 radical (unpaired) electrons. The van der Waals surface area contributed by atoms with Crippen molar-refractivity contribution in [3.05, 3.63) is 31.4 Å². The average molecular weight is 333 g/mol. The number of aryl methyl sites for hydroxylation is 1. The van der Waals surface area contributed by atoms with Gasteiger partial charge in [-0.2, -0.15) is 5.10 Å². The molecular formula is C10H13BrN4S2. The zero-order chi connectivity index (χ0) is 12.3. The van der Waals surface area contributed by atoms with Gasteiger partial charge in [0.05, 0.1) is 6.54 Å². The third-order valence-electron chi connectivity index (χ3n) is 2.25. The van der Waals surface area contributed by atoms with Gasteiger partial charge >= 0.3 is 0 Å². The van der Waals surface area contributed by atoms with Crippen LogP contribution < -0.4 is 5.43 Å². The number of hydrogen-bond acceptors (Lipinski definition) is 4. The van der Waals surface area contributed by atoms with E-state index in [2.05, 4.69) is 49.9 Å². The first-order valence-electron chi connectivity index (χ1n) is 5.33. The lowest BCUT2D eigenvalue weighted by Gasteiger charge is -2.07. The van der Waals surface area contributed by atoms with Gasteiger partial charge in [0.15, 0.2) is 5.82 Å². The van der Waals surface area contributed by atoms with Gasteiger partial charge < -0.3 is 5.43 Å². The SMILES string of the molecule is CCCc1n[nH]c(=S)n1NCc1cc(Br)cs1. The van der Waals surface area contributed by atoms with Crippen LogP contribution in [0.4, 0.5) is 0 Å². The van der Waals surface area contributed by atoms with E-state index in [9.17, 15) is 0 Å². The minimum absolute atomic E-state index is 0.615. The number of nitrogens with zero attached hydrogens (tertiary/aromatic N) is 2. The van der Waals surface area contributed by atoms with Crippen molar-refractivity contribution in [3.8, 4) is 0 Å². The van der Waals surface area contributed by atoms with Crippen molar-refractivity contribution in [2.24, 2.45) is 0 Å². The van der Waals surface area contributed by atoms with E-state index in [0.717, 1.165) is 29.7 Å². The Labute approximate surface area is 117 Å². The Morgan fingerprint density at radius 3 is 3.12 bits per heavy atom. The van der Waals surface area contributed by atoms with E-state index in [1.807, 2.05) is 4.68 Å². The molecule has 7 heteroatoms. The monoisotopic (exact) mass is 332 g/mol. The molecule has 0 unspecified atom stereocenters. The predicted octanol–water partition coefficient (Wildman–Crippen LogP) is 3.46. The fourth-order valence-electron chi connectivity index (χ4n) is 1.49. The molecule has 0 saturated heterocycles. The molecule has 4 nitrogen and oxygen atoms in total. The number of aromatic amines is 1. The molecule has 0 aliphatic rings. The van der Waals surface area contributed by atoms with Crippen LogP contribution in [0.2, 0.25) is 0 Å². The molecule has 0 aliphatic heterocycles. The number of H-pyrrole nitrogens is 1. The Morgan fingerprint density at radius 2 is 2.47 bits per heavy atom. The molecule has 0 saturated carbocycles. The van der Waals surface area contributed by atoms with Crippen LogP contribution in [0.1, 0.15) is 24.0 Å². The third kappa shape index (κ3) is 3.17. The third-order valence-corrected chi connectivity index (χ3v) is 4.22. The molecule has 0 atom stereocenters. The van der Waals surface area contributed by atoms with Crippen LogP contribution >= 0.6 is 39.5 Å². The molecule has 0 amide bonds. The number of aromatic nitrogens is 3. The second-order valence-corrected chi connectivity index (χ2v) is 5.89. The molecule has 17 heavy (non-hydrogen) atoms. The number of thiophene rings is 1. The van der Waals surface area contributed by atoms with Gasteiger partial charge in [0.2, 0.25) is 4.77 Å². The number of hydrogen-bond donors (Lipinski definition) is 2. The second-order valence-electron chi connectivity index (χ2n) is 3.60. The van der Waals surface area contributed by atoms with E-state index in [1.165, 1.54) is 4.88 Å². The first kappa shape index (κ1) is 12.8. The van der Waals surface area contributed by atoms with Crippen LogP contribution in [0.5, 0.6) is 0 Å². The van der Waals surface area contributed by atoms with Crippen LogP contribution in [-0.2, 0) is 13.0 Å². The van der Waals surface area contributed by atoms with Crippen molar-refractivity contribution in [2.45, 2.75) is 26.3 Å². The summed E-state index contributed by atoms with van der Waals surface area (Å²) in [6, 6.07) is 2.10. The Morgan fingerprint density at radius 1 is 1.65 bits per heavy atom. The van der Waals surface area contributed by atoms with Crippen LogP contribution in [-0.4, -0.2) is 14.9 Å². The van der Waals surface area contributed by atoms with Crippen molar-refractivity contribution in [1.29, 1.82) is 0 Å². The van der Waals surface area contributed by atoms with Crippen LogP contribution in [0, 0.1) is 4.77 Å². The highest BCUT2D eigenvalue weighted by molar-refractivity contribution is 9.10. The van der Waals surface area contributed by atoms with Crippen LogP contribution in [0.25, 0.3) is 0 Å². The minimum Gasteiger partial charge on any atom is -0.317 e. The van der Waals surface area contributed by atoms with E-state index in [0.29, 0.717) is 4.77 Å². The maximum atomic E-state index is 5.18. The van der Waals surface area contributed by atoms with E-state index >= 15 is 0 Å². The predicted molar refractivity (Wildman–Crippen MR) is 76.5 cm³/mol. The fraction of sp³-hybridized carbons (Fsp3) is 0.400. The summed E-state index contributed by atoms with van der Waals surface area (Å²) in [4.78, 5) is 1.25. The summed E-state index contributed by atoms with van der Waals surface area (Å²) in [5.74, 6) is 0.952. The van der Waals surface area contributed by atoms with E-state index < -0.39 is 0 Å². The van der Waals surface area contributed by atoms with Crippen molar-refractivity contribution in [1.82, 2.24) is 14.9 Å². The lowest BCUT2D eigenvalue weighted by molar-refractivity contribution is 0.734. The number of nitrogens with one attached hydrogen (secondary N) is 2. The molecule has 2 heterocycles. The maximum absolute atomic E-state index is 5.18. The van der Waals surface area contributed by atoms with Gasteiger partial charge in [0, 0.05) is 21.2 Å². The topological polar surface area (TPSA) is 45.6 Å². The summed E-state index contributed by atoms with van der Waals surface area (Å²) >= 11 is 10.3. The van der Waals surface area contributed by atoms with Gasteiger partial charge in [-0.25, -0.2) is 4.68 Å². The normalized spacial score (nSPS) is 10.7. The van der Waals surface area contributed by atoms with E-state index in [1.54, 1.807) is 11.3 Å². The molecule has 0 aromatic carbocycles. The molecule has 92 valence electrons. The minimum atomic E-state index is 0.615. The maximum Gasteiger partial charge on any atom is 0.214 e. The van der Waals surface area contributed by atoms with Crippen molar-refractivity contribution < 1.29 is 0 Å². The summed E-state index contributed by atoms with van der Waals surface area (Å²) in [6.07, 6.45) is 1.96. The smallest absolute Gasteiger partial charge is 0.214 e. The zero-order valence-corrected chi connectivity index (χ0v) is 12.6. The molecule has 0 spiro atoms. The van der Waals surface area contributed by atoms with Crippen molar-refractivity contribution in [2.75, 3.05) is 5.43 Å².